The van der Waals surface area contributed by atoms with Gasteiger partial charge in [0, 0.05) is 54.8 Å². The molecule has 0 radical (unpaired) electrons. The van der Waals surface area contributed by atoms with E-state index in [9.17, 15) is 4.79 Å². The first-order valence-electron chi connectivity index (χ1n) is 10.4. The molecule has 2 aromatic heterocycles. The Kier molecular flexibility index (Phi) is 6.11. The van der Waals surface area contributed by atoms with Gasteiger partial charge in [0.15, 0.2) is 0 Å². The highest BCUT2D eigenvalue weighted by Crippen LogP contribution is 2.34. The molecule has 0 bridgehead atoms. The topological polar surface area (TPSA) is 77.4 Å². The van der Waals surface area contributed by atoms with Crippen LogP contribution in [0.5, 0.6) is 11.5 Å². The summed E-state index contributed by atoms with van der Waals surface area (Å²) in [5.74, 6) is 2.24. The van der Waals surface area contributed by atoms with Crippen LogP contribution in [0.15, 0.2) is 48.9 Å². The number of carbonyl (C=O) groups excluding carboxylic acids is 1. The minimum atomic E-state index is -0.0103. The summed E-state index contributed by atoms with van der Waals surface area (Å²) in [6, 6.07) is 9.23. The number of rotatable bonds is 5. The number of ether oxygens (including phenoxy) is 2. The molecule has 7 nitrogen and oxygen atoms in total. The van der Waals surface area contributed by atoms with E-state index >= 15 is 0 Å². The van der Waals surface area contributed by atoms with Gasteiger partial charge in [-0.05, 0) is 49.6 Å². The Balaban J connectivity index is 1.52. The van der Waals surface area contributed by atoms with Gasteiger partial charge in [0.25, 0.3) is 5.91 Å². The molecule has 1 aromatic carbocycles. The first-order chi connectivity index (χ1) is 15.1. The lowest BCUT2D eigenvalue weighted by atomic mass is 9.89. The molecule has 0 unspecified atom stereocenters. The smallest absolute Gasteiger partial charge is 0.254 e. The molecule has 3 aromatic rings. The van der Waals surface area contributed by atoms with E-state index in [1.54, 1.807) is 44.8 Å². The lowest BCUT2D eigenvalue weighted by Crippen LogP contribution is -2.38. The summed E-state index contributed by atoms with van der Waals surface area (Å²) < 4.78 is 10.6. The van der Waals surface area contributed by atoms with E-state index in [2.05, 4.69) is 9.97 Å². The molecule has 0 spiro atoms. The van der Waals surface area contributed by atoms with Gasteiger partial charge in [0.05, 0.1) is 19.9 Å². The van der Waals surface area contributed by atoms with E-state index in [0.717, 1.165) is 35.5 Å². The molecule has 1 aliphatic heterocycles. The minimum Gasteiger partial charge on any atom is -0.497 e. The predicted molar refractivity (Wildman–Crippen MR) is 117 cm³/mol. The molecule has 31 heavy (non-hydrogen) atoms. The second-order valence-corrected chi connectivity index (χ2v) is 7.62. The third-order valence-corrected chi connectivity index (χ3v) is 5.70. The Hall–Kier alpha value is -3.48. The van der Waals surface area contributed by atoms with Crippen LogP contribution >= 0.6 is 0 Å². The maximum Gasteiger partial charge on any atom is 0.254 e. The first-order valence-corrected chi connectivity index (χ1v) is 10.4. The number of carbonyl (C=O) groups is 1. The van der Waals surface area contributed by atoms with Crippen molar-refractivity contribution in [1.29, 1.82) is 0 Å². The normalized spacial score (nSPS) is 14.4. The van der Waals surface area contributed by atoms with Crippen LogP contribution in [0.25, 0.3) is 11.1 Å². The SMILES string of the molecule is COc1cc(OC)cc(C(=O)N2CCC(c3nc(C)ncc3-c3ccncc3)CC2)c1. The van der Waals surface area contributed by atoms with Gasteiger partial charge in [-0.1, -0.05) is 0 Å². The molecule has 0 atom stereocenters. The number of methoxy groups -OCH3 is 2. The van der Waals surface area contributed by atoms with Crippen molar-refractivity contribution in [3.05, 3.63) is 66.0 Å². The van der Waals surface area contributed by atoms with Gasteiger partial charge >= 0.3 is 0 Å². The van der Waals surface area contributed by atoms with Crippen LogP contribution in [0.2, 0.25) is 0 Å². The lowest BCUT2D eigenvalue weighted by molar-refractivity contribution is 0.0711. The Bertz CT molecular complexity index is 1040. The van der Waals surface area contributed by atoms with Gasteiger partial charge in [-0.25, -0.2) is 9.97 Å². The van der Waals surface area contributed by atoms with Crippen molar-refractivity contribution in [1.82, 2.24) is 19.9 Å². The number of piperidine rings is 1. The van der Waals surface area contributed by atoms with Gasteiger partial charge in [-0.2, -0.15) is 0 Å². The third-order valence-electron chi connectivity index (χ3n) is 5.70. The fourth-order valence-corrected chi connectivity index (χ4v) is 4.02. The minimum absolute atomic E-state index is 0.0103. The molecule has 1 aliphatic rings. The molecule has 4 rings (SSSR count). The zero-order chi connectivity index (χ0) is 21.8. The molecule has 0 saturated carbocycles. The van der Waals surface area contributed by atoms with Crippen molar-refractivity contribution in [3.63, 3.8) is 0 Å². The summed E-state index contributed by atoms with van der Waals surface area (Å²) in [6.45, 7) is 3.25. The fourth-order valence-electron chi connectivity index (χ4n) is 4.02. The van der Waals surface area contributed by atoms with Crippen LogP contribution in [0.1, 0.15) is 40.6 Å². The van der Waals surface area contributed by atoms with Gasteiger partial charge < -0.3 is 14.4 Å². The van der Waals surface area contributed by atoms with E-state index in [0.29, 0.717) is 30.2 Å². The molecule has 7 heteroatoms. The summed E-state index contributed by atoms with van der Waals surface area (Å²) in [7, 11) is 3.16. The lowest BCUT2D eigenvalue weighted by Gasteiger charge is -2.32. The molecule has 1 saturated heterocycles. The molecular weight excluding hydrogens is 392 g/mol. The monoisotopic (exact) mass is 418 g/mol. The van der Waals surface area contributed by atoms with Crippen molar-refractivity contribution >= 4 is 5.91 Å². The molecule has 160 valence electrons. The van der Waals surface area contributed by atoms with E-state index in [-0.39, 0.29) is 11.8 Å². The van der Waals surface area contributed by atoms with Crippen LogP contribution in [0, 0.1) is 6.92 Å². The van der Waals surface area contributed by atoms with Crippen LogP contribution in [-0.4, -0.2) is 53.1 Å². The van der Waals surface area contributed by atoms with Gasteiger partial charge in [0.1, 0.15) is 17.3 Å². The summed E-state index contributed by atoms with van der Waals surface area (Å²) in [4.78, 5) is 28.3. The Morgan fingerprint density at radius 1 is 1.03 bits per heavy atom. The number of likely N-dealkylation sites (tertiary alicyclic amines) is 1. The van der Waals surface area contributed by atoms with Crippen LogP contribution in [0.3, 0.4) is 0 Å². The van der Waals surface area contributed by atoms with Crippen molar-refractivity contribution < 1.29 is 14.3 Å². The van der Waals surface area contributed by atoms with Gasteiger partial charge in [-0.3, -0.25) is 9.78 Å². The molecule has 0 aliphatic carbocycles. The standard InChI is InChI=1S/C24H26N4O3/c1-16-26-15-22(17-4-8-25-9-5-17)23(27-16)18-6-10-28(11-7-18)24(29)19-12-20(30-2)14-21(13-19)31-3/h4-5,8-9,12-15,18H,6-7,10-11H2,1-3H3. The molecule has 1 amide bonds. The van der Waals surface area contributed by atoms with Gasteiger partial charge in [-0.15, -0.1) is 0 Å². The number of hydrogen-bond donors (Lipinski definition) is 0. The van der Waals surface area contributed by atoms with E-state index in [1.165, 1.54) is 0 Å². The van der Waals surface area contributed by atoms with Crippen molar-refractivity contribution in [3.8, 4) is 22.6 Å². The Morgan fingerprint density at radius 3 is 2.29 bits per heavy atom. The zero-order valence-corrected chi connectivity index (χ0v) is 18.0. The number of aromatic nitrogens is 3. The summed E-state index contributed by atoms with van der Waals surface area (Å²) in [5.41, 5.74) is 3.72. The number of hydrogen-bond acceptors (Lipinski definition) is 6. The van der Waals surface area contributed by atoms with Crippen LogP contribution in [0.4, 0.5) is 0 Å². The molecule has 1 fully saturated rings. The number of pyridine rings is 1. The predicted octanol–water partition coefficient (Wildman–Crippen LogP) is 3.88. The highest BCUT2D eigenvalue weighted by Gasteiger charge is 2.28. The summed E-state index contributed by atoms with van der Waals surface area (Å²) in [5, 5.41) is 0. The summed E-state index contributed by atoms with van der Waals surface area (Å²) >= 11 is 0. The van der Waals surface area contributed by atoms with E-state index in [1.807, 2.05) is 30.2 Å². The average Bonchev–Trinajstić information content (AvgIpc) is 2.83. The summed E-state index contributed by atoms with van der Waals surface area (Å²) in [6.07, 6.45) is 7.15. The maximum absolute atomic E-state index is 13.1. The fraction of sp³-hybridized carbons (Fsp3) is 0.333. The number of nitrogens with zero attached hydrogens (tertiary/aromatic N) is 4. The van der Waals surface area contributed by atoms with Crippen molar-refractivity contribution in [2.24, 2.45) is 0 Å². The zero-order valence-electron chi connectivity index (χ0n) is 18.0. The van der Waals surface area contributed by atoms with Gasteiger partial charge in [0.2, 0.25) is 0 Å². The molecule has 0 N–H and O–H groups in total. The quantitative estimate of drug-likeness (QED) is 0.626. The second-order valence-electron chi connectivity index (χ2n) is 7.62. The Morgan fingerprint density at radius 2 is 1.68 bits per heavy atom. The number of amides is 1. The van der Waals surface area contributed by atoms with E-state index in [4.69, 9.17) is 14.5 Å². The highest BCUT2D eigenvalue weighted by molar-refractivity contribution is 5.95. The van der Waals surface area contributed by atoms with Crippen LogP contribution in [-0.2, 0) is 0 Å². The Labute approximate surface area is 182 Å². The average molecular weight is 418 g/mol. The maximum atomic E-state index is 13.1. The largest absolute Gasteiger partial charge is 0.497 e. The third kappa shape index (κ3) is 4.50. The van der Waals surface area contributed by atoms with Crippen molar-refractivity contribution in [2.45, 2.75) is 25.7 Å². The highest BCUT2D eigenvalue weighted by atomic mass is 16.5. The van der Waals surface area contributed by atoms with Crippen LogP contribution < -0.4 is 9.47 Å². The molecular formula is C24H26N4O3. The second kappa shape index (κ2) is 9.12. The molecule has 3 heterocycles. The number of aryl methyl sites for hydroxylation is 1. The first kappa shape index (κ1) is 20.8. The number of benzene rings is 1. The van der Waals surface area contributed by atoms with E-state index < -0.39 is 0 Å². The van der Waals surface area contributed by atoms with Crippen molar-refractivity contribution in [2.75, 3.05) is 27.3 Å².